The van der Waals surface area contributed by atoms with Crippen LogP contribution in [0.25, 0.3) is 101 Å². The molecule has 0 aliphatic heterocycles. The summed E-state index contributed by atoms with van der Waals surface area (Å²) in [5.41, 5.74) is 21.0. The van der Waals surface area contributed by atoms with E-state index in [4.69, 9.17) is 30.2 Å². The number of hydrogen-bond donors (Lipinski definition) is 0. The van der Waals surface area contributed by atoms with E-state index >= 15 is 0 Å². The van der Waals surface area contributed by atoms with Gasteiger partial charge in [-0.25, -0.2) is 18.3 Å². The Morgan fingerprint density at radius 3 is 0.901 bits per heavy atom. The van der Waals surface area contributed by atoms with E-state index in [1.807, 2.05) is 277 Å². The normalized spacial score (nSPS) is 15.2. The van der Waals surface area contributed by atoms with Crippen molar-refractivity contribution < 1.29 is 48.4 Å². The molecule has 9 aromatic carbocycles. The Balaban J connectivity index is 0.000000173. The van der Waals surface area contributed by atoms with Crippen molar-refractivity contribution in [2.45, 2.75) is 116 Å². The van der Waals surface area contributed by atoms with Gasteiger partial charge in [-0.3, -0.25) is 0 Å². The van der Waals surface area contributed by atoms with Crippen LogP contribution < -0.4 is 18.3 Å². The van der Waals surface area contributed by atoms with Gasteiger partial charge in [-0.05, 0) is 242 Å². The number of rotatable bonds is 13. The van der Waals surface area contributed by atoms with Crippen molar-refractivity contribution in [2.24, 2.45) is 40.0 Å². The summed E-state index contributed by atoms with van der Waals surface area (Å²) >= 11 is 0. The molecule has 0 amide bonds. The lowest BCUT2D eigenvalue weighted by molar-refractivity contribution is -0.661. The highest BCUT2D eigenvalue weighted by molar-refractivity contribution is 5.81. The number of hydrogen-bond acceptors (Lipinski definition) is 0. The van der Waals surface area contributed by atoms with E-state index in [-0.39, 0.29) is 23.0 Å². The topological polar surface area (TPSA) is 15.5 Å². The van der Waals surface area contributed by atoms with Crippen molar-refractivity contribution in [2.75, 3.05) is 0 Å². The predicted molar refractivity (Wildman–Crippen MR) is 429 cm³/mol. The maximum Gasteiger partial charge on any atom is 0.213 e. The van der Waals surface area contributed by atoms with Gasteiger partial charge >= 0.3 is 0 Å². The molecular weight excluding hydrogens is 1220 g/mol. The molecule has 0 saturated heterocycles. The van der Waals surface area contributed by atoms with Crippen LogP contribution in [0.2, 0.25) is 0 Å². The van der Waals surface area contributed by atoms with Crippen LogP contribution in [-0.4, -0.2) is 0 Å². The first-order chi connectivity index (χ1) is 57.2. The Labute approximate surface area is 636 Å². The van der Waals surface area contributed by atoms with Crippen LogP contribution in [0.5, 0.6) is 0 Å². The molecule has 0 spiro atoms. The van der Waals surface area contributed by atoms with Gasteiger partial charge in [0, 0.05) is 99.4 Å². The maximum atomic E-state index is 8.88. The summed E-state index contributed by atoms with van der Waals surface area (Å²) in [6, 6.07) is 73.6. The largest absolute Gasteiger partial charge is 0.213 e. The first-order valence-electron chi connectivity index (χ1n) is 45.2. The summed E-state index contributed by atoms with van der Waals surface area (Å²) in [6.45, 7) is 3.16. The third-order valence-electron chi connectivity index (χ3n) is 18.0. The highest BCUT2D eigenvalue weighted by atomic mass is 14.9. The van der Waals surface area contributed by atoms with Gasteiger partial charge in [0.2, 0.25) is 22.8 Å². The summed E-state index contributed by atoms with van der Waals surface area (Å²) in [7, 11) is 7.44. The fourth-order valence-electron chi connectivity index (χ4n) is 12.7. The Bertz CT molecular complexity index is 5830. The van der Waals surface area contributed by atoms with Crippen LogP contribution in [0.15, 0.2) is 261 Å². The van der Waals surface area contributed by atoms with Gasteiger partial charge in [0.15, 0.2) is 24.8 Å². The molecule has 4 heterocycles. The van der Waals surface area contributed by atoms with Crippen molar-refractivity contribution in [1.29, 1.82) is 0 Å². The molecule has 13 rings (SSSR count). The number of pyridine rings is 4. The van der Waals surface area contributed by atoms with Crippen molar-refractivity contribution in [3.8, 4) is 101 Å². The minimum Gasteiger partial charge on any atom is -0.201 e. The molecule has 4 aromatic heterocycles. The van der Waals surface area contributed by atoms with Gasteiger partial charge in [0.25, 0.3) is 0 Å². The molecule has 510 valence electrons. The standard InChI is InChI=1S/C28H36N.C27H26N.C22H24N.C20H20N/c1-19(2)13-24-16-28(29(7)18-25(24)14-20(3)4)27-17-26(21(5)15-22(27)6)23-11-9-8-10-12-23;1-19-15-20(2)26(16-24(19)22-11-7-5-8-12-22)27-17-25(21(3)18-28(27)4)23-13-9-6-10-14-23;1-15-12-22(23(5)14-18(15)4)21-13-20(16(2)11-17(21)3)19-9-7-6-8-10-19;1-15-13-16(2)19(20-11-7-8-12-21(20)3)14-18(15)17-9-5-4-6-10-17/h8-12,15-20H,13-14H2,1-7H3;5-18H,1-4H3;6-14H,1-5H3;4-14H,1-3H3/q4*+1/i5D3,13D2,14D2;1D3,3D3;2D3,4D3;1D3. The van der Waals surface area contributed by atoms with Gasteiger partial charge in [-0.1, -0.05) is 204 Å². The molecule has 0 atom stereocenters. The van der Waals surface area contributed by atoms with Crippen LogP contribution in [0.3, 0.4) is 0 Å². The average Bonchev–Trinajstić information content (AvgIpc) is 0.756. The van der Waals surface area contributed by atoms with Gasteiger partial charge in [-0.15, -0.1) is 0 Å². The van der Waals surface area contributed by atoms with Crippen LogP contribution >= 0.6 is 0 Å². The molecule has 101 heavy (non-hydrogen) atoms. The van der Waals surface area contributed by atoms with E-state index < -0.39 is 53.9 Å². The van der Waals surface area contributed by atoms with Crippen molar-refractivity contribution in [1.82, 2.24) is 0 Å². The lowest BCUT2D eigenvalue weighted by atomic mass is 9.90. The first-order valence-corrected chi connectivity index (χ1v) is 34.2. The summed E-state index contributed by atoms with van der Waals surface area (Å²) in [6.07, 6.45) is 3.48. The molecule has 0 unspecified atom stereocenters. The highest BCUT2D eigenvalue weighted by Gasteiger charge is 2.23. The monoisotopic (exact) mass is 1350 g/mol. The van der Waals surface area contributed by atoms with Crippen LogP contribution in [0.1, 0.15) is 130 Å². The fourth-order valence-corrected chi connectivity index (χ4v) is 12.7. The van der Waals surface area contributed by atoms with E-state index in [1.165, 1.54) is 0 Å². The molecule has 0 radical (unpaired) electrons. The third kappa shape index (κ3) is 17.8. The van der Waals surface area contributed by atoms with Crippen molar-refractivity contribution >= 4 is 0 Å². The Morgan fingerprint density at radius 1 is 0.257 bits per heavy atom. The lowest BCUT2D eigenvalue weighted by Crippen LogP contribution is -2.32. The summed E-state index contributed by atoms with van der Waals surface area (Å²) in [4.78, 5) is 0. The smallest absolute Gasteiger partial charge is 0.201 e. The second-order valence-electron chi connectivity index (χ2n) is 26.5. The maximum absolute atomic E-state index is 8.88. The molecule has 0 N–H and O–H groups in total. The Kier molecular flexibility index (Phi) is 16.1. The summed E-state index contributed by atoms with van der Waals surface area (Å²) in [5, 5.41) is 0. The van der Waals surface area contributed by atoms with E-state index in [2.05, 4.69) is 0 Å². The average molecular weight is 1350 g/mol. The summed E-state index contributed by atoms with van der Waals surface area (Å²) in [5.74, 6) is -0.728. The lowest BCUT2D eigenvalue weighted by Gasteiger charge is -2.16. The van der Waals surface area contributed by atoms with Gasteiger partial charge in [0.05, 0.1) is 0 Å². The zero-order valence-electron chi connectivity index (χ0n) is 82.3. The minimum atomic E-state index is -2.30. The second-order valence-corrected chi connectivity index (χ2v) is 26.5. The molecule has 0 aliphatic rings. The molecule has 4 heteroatoms. The Morgan fingerprint density at radius 2 is 0.554 bits per heavy atom. The van der Waals surface area contributed by atoms with Crippen LogP contribution in [0.4, 0.5) is 0 Å². The predicted octanol–water partition coefficient (Wildman–Crippen LogP) is 22.8. The SMILES string of the molecule is [2H]C([2H])([2H])c1c[n+](C)c(-c2cc(-c3ccccc3)c(C([2H])([2H])[2H])cc2C)cc1C.[2H]C([2H])([2H])c1cc(C)c(-c2cc(-c3ccccc3)c(C([2H])([2H])[2H])c[n+]2C)cc1-c1ccccc1.[2H]C([2H])([2H])c1cc(C)c(-c2cc(C([2H])([2H])C(C)C)c(C([2H])([2H])C(C)C)c[n+]2C)cc1-c1ccccc1.[2H]C([2H])([2H])c1cc(C)c(-c2cccc[n+]2C)cc1-c1ccccc1. The zero-order chi connectivity index (χ0) is 90.8. The molecular formula is C97H106N4+4. The molecule has 4 nitrogen and oxygen atoms in total. The van der Waals surface area contributed by atoms with Gasteiger partial charge < -0.3 is 0 Å². The van der Waals surface area contributed by atoms with Gasteiger partial charge in [0.1, 0.15) is 28.2 Å². The molecule has 0 saturated carbocycles. The van der Waals surface area contributed by atoms with E-state index in [9.17, 15) is 0 Å². The quantitative estimate of drug-likeness (QED) is 0.102. The van der Waals surface area contributed by atoms with E-state index in [1.54, 1.807) is 92.7 Å². The number of benzene rings is 9. The van der Waals surface area contributed by atoms with Gasteiger partial charge in [-0.2, -0.15) is 0 Å². The third-order valence-corrected chi connectivity index (χ3v) is 18.0. The molecule has 13 aromatic rings. The number of aryl methyl sites for hydroxylation is 15. The zero-order valence-corrected chi connectivity index (χ0v) is 60.3. The second kappa shape index (κ2) is 33.2. The summed E-state index contributed by atoms with van der Waals surface area (Å²) < 4.78 is 186. The molecule has 0 bridgehead atoms. The van der Waals surface area contributed by atoms with E-state index in [0.29, 0.717) is 66.9 Å². The van der Waals surface area contributed by atoms with Crippen molar-refractivity contribution in [3.05, 3.63) is 334 Å². The molecule has 0 aliphatic carbocycles. The Hall–Kier alpha value is -10.4. The van der Waals surface area contributed by atoms with E-state index in [0.717, 1.165) is 95.0 Å². The minimum absolute atomic E-state index is 0.267. The number of nitrogens with zero attached hydrogens (tertiary/aromatic N) is 4. The fraction of sp³-hybridized carbons (Fsp3) is 0.237. The van der Waals surface area contributed by atoms with Crippen LogP contribution in [-0.2, 0) is 40.9 Å². The molecule has 0 fully saturated rings. The number of aromatic nitrogens is 4. The highest BCUT2D eigenvalue weighted by Crippen LogP contribution is 2.37. The van der Waals surface area contributed by atoms with Crippen molar-refractivity contribution in [3.63, 3.8) is 0 Å². The first kappa shape index (κ1) is 49.2. The van der Waals surface area contributed by atoms with Crippen LogP contribution in [0, 0.1) is 87.6 Å².